The monoisotopic (exact) mass is 366 g/mol. The highest BCUT2D eigenvalue weighted by atomic mass is 32.1. The van der Waals surface area contributed by atoms with Crippen LogP contribution in [0.1, 0.15) is 18.5 Å². The molecule has 6 heteroatoms. The van der Waals surface area contributed by atoms with E-state index in [1.165, 1.54) is 0 Å². The van der Waals surface area contributed by atoms with Crippen LogP contribution < -0.4 is 10.6 Å². The van der Waals surface area contributed by atoms with Gasteiger partial charge >= 0.3 is 0 Å². The molecule has 1 aromatic carbocycles. The molecular formula is C20H22N4OS. The summed E-state index contributed by atoms with van der Waals surface area (Å²) in [4.78, 5) is 10.4. The average Bonchev–Trinajstić information content (AvgIpc) is 3.18. The number of nitrogens with one attached hydrogen (secondary N) is 2. The van der Waals surface area contributed by atoms with Crippen LogP contribution in [-0.4, -0.2) is 34.8 Å². The van der Waals surface area contributed by atoms with Crippen molar-refractivity contribution in [1.29, 1.82) is 0 Å². The molecule has 1 fully saturated rings. The molecule has 3 heterocycles. The molecule has 0 aliphatic carbocycles. The van der Waals surface area contributed by atoms with E-state index in [1.54, 1.807) is 11.3 Å². The first kappa shape index (κ1) is 17.1. The lowest BCUT2D eigenvalue weighted by Crippen LogP contribution is -2.46. The lowest BCUT2D eigenvalue weighted by atomic mass is 9.78. The molecule has 0 radical (unpaired) electrons. The van der Waals surface area contributed by atoms with Gasteiger partial charge in [-0.05, 0) is 37.1 Å². The number of aromatic nitrogens is 2. The van der Waals surface area contributed by atoms with Crippen molar-refractivity contribution in [1.82, 2.24) is 15.3 Å². The van der Waals surface area contributed by atoms with Gasteiger partial charge in [0.2, 0.25) is 0 Å². The summed E-state index contributed by atoms with van der Waals surface area (Å²) in [6.07, 6.45) is 3.88. The van der Waals surface area contributed by atoms with Gasteiger partial charge in [-0.1, -0.05) is 47.7 Å². The fourth-order valence-corrected chi connectivity index (χ4v) is 4.21. The van der Waals surface area contributed by atoms with Gasteiger partial charge in [0.15, 0.2) is 5.13 Å². The van der Waals surface area contributed by atoms with E-state index >= 15 is 0 Å². The molecule has 1 aliphatic rings. The highest BCUT2D eigenvalue weighted by molar-refractivity contribution is 7.18. The zero-order valence-electron chi connectivity index (χ0n) is 14.5. The Morgan fingerprint density at radius 2 is 2.04 bits per heavy atom. The Morgan fingerprint density at radius 3 is 2.81 bits per heavy atom. The van der Waals surface area contributed by atoms with Crippen LogP contribution in [0.4, 0.5) is 10.9 Å². The maximum absolute atomic E-state index is 9.99. The first-order valence-electron chi connectivity index (χ1n) is 8.86. The number of hydrogen-bond acceptors (Lipinski definition) is 6. The molecule has 1 aliphatic heterocycles. The highest BCUT2D eigenvalue weighted by Crippen LogP contribution is 2.32. The summed E-state index contributed by atoms with van der Waals surface area (Å²) < 4.78 is 0. The van der Waals surface area contributed by atoms with E-state index in [-0.39, 0.29) is 12.0 Å². The number of aliphatic hydroxyl groups excluding tert-OH is 1. The Morgan fingerprint density at radius 1 is 1.15 bits per heavy atom. The van der Waals surface area contributed by atoms with Crippen molar-refractivity contribution in [2.24, 2.45) is 0 Å². The molecule has 1 saturated heterocycles. The summed E-state index contributed by atoms with van der Waals surface area (Å²) in [5.74, 6) is 0.759. The van der Waals surface area contributed by atoms with Crippen molar-refractivity contribution < 1.29 is 5.11 Å². The quantitative estimate of drug-likeness (QED) is 0.644. The highest BCUT2D eigenvalue weighted by Gasteiger charge is 2.34. The van der Waals surface area contributed by atoms with Crippen LogP contribution in [0.3, 0.4) is 0 Å². The lowest BCUT2D eigenvalue weighted by Gasteiger charge is -2.35. The van der Waals surface area contributed by atoms with Gasteiger partial charge < -0.3 is 15.7 Å². The Bertz CT molecular complexity index is 859. The third-order valence-corrected chi connectivity index (χ3v) is 5.83. The van der Waals surface area contributed by atoms with Crippen molar-refractivity contribution >= 4 is 22.3 Å². The summed E-state index contributed by atoms with van der Waals surface area (Å²) in [5, 5.41) is 17.5. The Kier molecular flexibility index (Phi) is 4.97. The van der Waals surface area contributed by atoms with Crippen LogP contribution in [0.15, 0.2) is 54.7 Å². The van der Waals surface area contributed by atoms with Crippen LogP contribution in [0.2, 0.25) is 0 Å². The minimum Gasteiger partial charge on any atom is -0.395 e. The lowest BCUT2D eigenvalue weighted by molar-refractivity contribution is 0.159. The van der Waals surface area contributed by atoms with Gasteiger partial charge in [-0.15, -0.1) is 0 Å². The molecule has 0 amide bonds. The third-order valence-electron chi connectivity index (χ3n) is 4.87. The molecule has 0 bridgehead atoms. The van der Waals surface area contributed by atoms with Gasteiger partial charge in [0.05, 0.1) is 17.2 Å². The summed E-state index contributed by atoms with van der Waals surface area (Å²) in [7, 11) is 0. The standard InChI is InChI=1S/C20H22N4OS/c25-14-20(10-5-11-21-13-20)17-8-4-9-18(23-17)24-19-22-12-16(26-19)15-6-2-1-3-7-15/h1-4,6-9,12,21,25H,5,10-11,13-14H2,(H,22,23,24)/t20-/m0/s1. The maximum Gasteiger partial charge on any atom is 0.188 e. The van der Waals surface area contributed by atoms with Crippen LogP contribution in [0.25, 0.3) is 10.4 Å². The molecule has 134 valence electrons. The van der Waals surface area contributed by atoms with Crippen LogP contribution >= 0.6 is 11.3 Å². The van der Waals surface area contributed by atoms with Gasteiger partial charge in [0.25, 0.3) is 0 Å². The van der Waals surface area contributed by atoms with E-state index in [0.29, 0.717) is 0 Å². The molecule has 0 saturated carbocycles. The summed E-state index contributed by atoms with van der Waals surface area (Å²) in [6, 6.07) is 16.2. The zero-order chi connectivity index (χ0) is 17.8. The van der Waals surface area contributed by atoms with E-state index in [0.717, 1.165) is 53.0 Å². The molecular weight excluding hydrogens is 344 g/mol. The minimum absolute atomic E-state index is 0.103. The molecule has 0 spiro atoms. The van der Waals surface area contributed by atoms with Crippen LogP contribution in [0, 0.1) is 0 Å². The van der Waals surface area contributed by atoms with Crippen LogP contribution in [0.5, 0.6) is 0 Å². The molecule has 5 nitrogen and oxygen atoms in total. The first-order chi connectivity index (χ1) is 12.8. The summed E-state index contributed by atoms with van der Waals surface area (Å²) in [6.45, 7) is 1.86. The van der Waals surface area contributed by atoms with Crippen molar-refractivity contribution in [3.05, 3.63) is 60.4 Å². The molecule has 2 aromatic heterocycles. The number of hydrogen-bond donors (Lipinski definition) is 3. The average molecular weight is 366 g/mol. The Balaban J connectivity index is 1.55. The molecule has 1 atom stereocenters. The SMILES string of the molecule is OC[C@]1(c2cccc(Nc3ncc(-c4ccccc4)s3)n2)CCCNC1. The molecule has 0 unspecified atom stereocenters. The van der Waals surface area contributed by atoms with Crippen molar-refractivity contribution in [3.63, 3.8) is 0 Å². The van der Waals surface area contributed by atoms with Crippen LogP contribution in [-0.2, 0) is 5.41 Å². The molecule has 26 heavy (non-hydrogen) atoms. The van der Waals surface area contributed by atoms with Gasteiger partial charge in [-0.2, -0.15) is 0 Å². The van der Waals surface area contributed by atoms with E-state index in [4.69, 9.17) is 4.98 Å². The molecule has 4 rings (SSSR count). The number of anilines is 2. The largest absolute Gasteiger partial charge is 0.395 e. The smallest absolute Gasteiger partial charge is 0.188 e. The van der Waals surface area contributed by atoms with Gasteiger partial charge in [-0.25, -0.2) is 9.97 Å². The van der Waals surface area contributed by atoms with Gasteiger partial charge in [0, 0.05) is 18.2 Å². The second-order valence-corrected chi connectivity index (χ2v) is 7.68. The van der Waals surface area contributed by atoms with Crippen molar-refractivity contribution in [2.45, 2.75) is 18.3 Å². The predicted octanol–water partition coefficient (Wildman–Crippen LogP) is 3.56. The molecule has 3 N–H and O–H groups in total. The Labute approximate surface area is 157 Å². The van der Waals surface area contributed by atoms with E-state index < -0.39 is 0 Å². The van der Waals surface area contributed by atoms with Crippen molar-refractivity contribution in [2.75, 3.05) is 25.0 Å². The fraction of sp³-hybridized carbons (Fsp3) is 0.300. The third kappa shape index (κ3) is 3.49. The second kappa shape index (κ2) is 7.53. The van der Waals surface area contributed by atoms with E-state index in [9.17, 15) is 5.11 Å². The number of nitrogens with zero attached hydrogens (tertiary/aromatic N) is 2. The zero-order valence-corrected chi connectivity index (χ0v) is 15.3. The minimum atomic E-state index is -0.298. The number of benzene rings is 1. The van der Waals surface area contributed by atoms with E-state index in [2.05, 4.69) is 27.8 Å². The summed E-state index contributed by atoms with van der Waals surface area (Å²) in [5.41, 5.74) is 1.79. The predicted molar refractivity (Wildman–Crippen MR) is 106 cm³/mol. The van der Waals surface area contributed by atoms with Gasteiger partial charge in [0.1, 0.15) is 5.82 Å². The summed E-state index contributed by atoms with van der Waals surface area (Å²) >= 11 is 1.60. The number of pyridine rings is 1. The van der Waals surface area contributed by atoms with E-state index in [1.807, 2.05) is 42.6 Å². The van der Waals surface area contributed by atoms with Crippen molar-refractivity contribution in [3.8, 4) is 10.4 Å². The van der Waals surface area contributed by atoms with Gasteiger partial charge in [-0.3, -0.25) is 0 Å². The maximum atomic E-state index is 9.99. The number of aliphatic hydroxyl groups is 1. The normalized spacial score (nSPS) is 20.0. The Hall–Kier alpha value is -2.28. The first-order valence-corrected chi connectivity index (χ1v) is 9.68. The molecule has 3 aromatic rings. The topological polar surface area (TPSA) is 70.1 Å². The fourth-order valence-electron chi connectivity index (χ4n) is 3.38. The number of rotatable bonds is 5. The number of thiazole rings is 1. The second-order valence-electron chi connectivity index (χ2n) is 6.65. The number of piperidine rings is 1.